The summed E-state index contributed by atoms with van der Waals surface area (Å²) in [6.07, 6.45) is 3.42. The first kappa shape index (κ1) is 13.1. The molecule has 1 unspecified atom stereocenters. The van der Waals surface area contributed by atoms with Gasteiger partial charge in [0.2, 0.25) is 5.91 Å². The van der Waals surface area contributed by atoms with E-state index in [9.17, 15) is 4.79 Å². The minimum Gasteiger partial charge on any atom is -0.399 e. The van der Waals surface area contributed by atoms with E-state index in [-0.39, 0.29) is 11.9 Å². The molecule has 100 valence electrons. The third-order valence-electron chi connectivity index (χ3n) is 2.85. The average molecular weight is 259 g/mol. The average Bonchev–Trinajstić information content (AvgIpc) is 2.90. The lowest BCUT2D eigenvalue weighted by molar-refractivity contribution is -0.122. The summed E-state index contributed by atoms with van der Waals surface area (Å²) < 4.78 is 1.63. The largest absolute Gasteiger partial charge is 0.399 e. The summed E-state index contributed by atoms with van der Waals surface area (Å²) in [6, 6.07) is 7.44. The van der Waals surface area contributed by atoms with Crippen molar-refractivity contribution in [1.29, 1.82) is 0 Å². The van der Waals surface area contributed by atoms with E-state index < -0.39 is 0 Å². The van der Waals surface area contributed by atoms with E-state index in [4.69, 9.17) is 5.73 Å². The lowest BCUT2D eigenvalue weighted by Gasteiger charge is -2.14. The Morgan fingerprint density at radius 1 is 1.42 bits per heavy atom. The predicted molar refractivity (Wildman–Crippen MR) is 72.1 cm³/mol. The van der Waals surface area contributed by atoms with E-state index in [0.717, 1.165) is 5.56 Å². The zero-order valence-electron chi connectivity index (χ0n) is 10.8. The molecule has 0 aliphatic heterocycles. The molecule has 1 atom stereocenters. The van der Waals surface area contributed by atoms with Gasteiger partial charge in [0, 0.05) is 12.1 Å². The van der Waals surface area contributed by atoms with Gasteiger partial charge in [0.1, 0.15) is 12.7 Å². The van der Waals surface area contributed by atoms with Crippen LogP contribution in [0.1, 0.15) is 24.9 Å². The molecule has 0 radical (unpaired) electrons. The van der Waals surface area contributed by atoms with Crippen LogP contribution in [0.3, 0.4) is 0 Å². The number of aryl methyl sites for hydroxylation is 1. The van der Waals surface area contributed by atoms with Crippen LogP contribution in [0.25, 0.3) is 0 Å². The van der Waals surface area contributed by atoms with Crippen LogP contribution in [0.5, 0.6) is 0 Å². The molecule has 0 fully saturated rings. The topological polar surface area (TPSA) is 85.8 Å². The molecule has 2 rings (SSSR count). The number of carbonyl (C=O) groups excluding carboxylic acids is 1. The summed E-state index contributed by atoms with van der Waals surface area (Å²) in [5.74, 6) is -0.0141. The molecule has 0 saturated heterocycles. The van der Waals surface area contributed by atoms with Crippen molar-refractivity contribution in [1.82, 2.24) is 20.1 Å². The van der Waals surface area contributed by atoms with Gasteiger partial charge in [-0.1, -0.05) is 12.1 Å². The van der Waals surface area contributed by atoms with Crippen molar-refractivity contribution in [3.8, 4) is 0 Å². The molecule has 1 aromatic carbocycles. The number of amides is 1. The molecule has 19 heavy (non-hydrogen) atoms. The number of aromatic nitrogens is 3. The molecule has 0 aliphatic rings. The van der Waals surface area contributed by atoms with Crippen molar-refractivity contribution in [2.75, 3.05) is 5.73 Å². The maximum Gasteiger partial charge on any atom is 0.222 e. The maximum absolute atomic E-state index is 11.8. The van der Waals surface area contributed by atoms with Crippen molar-refractivity contribution in [2.45, 2.75) is 25.9 Å². The Kier molecular flexibility index (Phi) is 4.12. The third-order valence-corrected chi connectivity index (χ3v) is 2.85. The molecule has 0 spiro atoms. The predicted octanol–water partition coefficient (Wildman–Crippen LogP) is 1.13. The van der Waals surface area contributed by atoms with E-state index in [1.165, 1.54) is 6.33 Å². The molecule has 1 heterocycles. The minimum absolute atomic E-state index is 0.0141. The van der Waals surface area contributed by atoms with Crippen LogP contribution in [0, 0.1) is 0 Å². The van der Waals surface area contributed by atoms with Crippen molar-refractivity contribution >= 4 is 11.6 Å². The molecular formula is C13H17N5O. The number of nitrogens with two attached hydrogens (primary N) is 1. The quantitative estimate of drug-likeness (QED) is 0.788. The molecule has 3 N–H and O–H groups in total. The van der Waals surface area contributed by atoms with Gasteiger partial charge < -0.3 is 11.1 Å². The van der Waals surface area contributed by atoms with Gasteiger partial charge >= 0.3 is 0 Å². The number of hydrogen-bond donors (Lipinski definition) is 2. The van der Waals surface area contributed by atoms with Gasteiger partial charge in [0.25, 0.3) is 0 Å². The lowest BCUT2D eigenvalue weighted by atomic mass is 10.1. The van der Waals surface area contributed by atoms with Crippen molar-refractivity contribution in [3.63, 3.8) is 0 Å². The standard InChI is InChI=1S/C13H17N5O/c1-10(11-2-4-12(14)5-3-11)17-13(19)6-7-18-9-15-8-16-18/h2-5,8-10H,6-7,14H2,1H3,(H,17,19). The number of rotatable bonds is 5. The van der Waals surface area contributed by atoms with Gasteiger partial charge in [-0.05, 0) is 24.6 Å². The molecule has 6 heteroatoms. The van der Waals surface area contributed by atoms with Crippen molar-refractivity contribution < 1.29 is 4.79 Å². The van der Waals surface area contributed by atoms with Crippen LogP contribution < -0.4 is 11.1 Å². The number of nitrogen functional groups attached to an aromatic ring is 1. The highest BCUT2D eigenvalue weighted by Gasteiger charge is 2.09. The number of benzene rings is 1. The van der Waals surface area contributed by atoms with Crippen molar-refractivity contribution in [2.24, 2.45) is 0 Å². The fourth-order valence-corrected chi connectivity index (χ4v) is 1.75. The third kappa shape index (κ3) is 3.80. The molecule has 1 aromatic heterocycles. The van der Waals surface area contributed by atoms with Gasteiger partial charge in [-0.25, -0.2) is 4.98 Å². The van der Waals surface area contributed by atoms with Crippen LogP contribution in [0.15, 0.2) is 36.9 Å². The van der Waals surface area contributed by atoms with E-state index >= 15 is 0 Å². The normalized spacial score (nSPS) is 12.1. The van der Waals surface area contributed by atoms with Gasteiger partial charge in [0.05, 0.1) is 12.6 Å². The summed E-state index contributed by atoms with van der Waals surface area (Å²) >= 11 is 0. The maximum atomic E-state index is 11.8. The van der Waals surface area contributed by atoms with E-state index in [1.807, 2.05) is 31.2 Å². The molecule has 1 amide bonds. The molecular weight excluding hydrogens is 242 g/mol. The summed E-state index contributed by atoms with van der Waals surface area (Å²) in [6.45, 7) is 2.47. The molecule has 0 aliphatic carbocycles. The fourth-order valence-electron chi connectivity index (χ4n) is 1.75. The SMILES string of the molecule is CC(NC(=O)CCn1cncn1)c1ccc(N)cc1. The summed E-state index contributed by atoms with van der Waals surface area (Å²) in [7, 11) is 0. The van der Waals surface area contributed by atoms with E-state index in [2.05, 4.69) is 15.4 Å². The fraction of sp³-hybridized carbons (Fsp3) is 0.308. The van der Waals surface area contributed by atoms with Crippen LogP contribution in [0.2, 0.25) is 0 Å². The molecule has 6 nitrogen and oxygen atoms in total. The summed E-state index contributed by atoms with van der Waals surface area (Å²) in [5, 5.41) is 6.88. The Bertz CT molecular complexity index is 520. The highest BCUT2D eigenvalue weighted by Crippen LogP contribution is 2.14. The highest BCUT2D eigenvalue weighted by molar-refractivity contribution is 5.76. The molecule has 0 bridgehead atoms. The van der Waals surface area contributed by atoms with Gasteiger partial charge in [-0.3, -0.25) is 9.48 Å². The first-order valence-electron chi connectivity index (χ1n) is 6.12. The first-order valence-corrected chi connectivity index (χ1v) is 6.12. The second kappa shape index (κ2) is 5.99. The number of nitrogens with one attached hydrogen (secondary N) is 1. The molecule has 2 aromatic rings. The number of carbonyl (C=O) groups is 1. The summed E-state index contributed by atoms with van der Waals surface area (Å²) in [5.41, 5.74) is 7.37. The van der Waals surface area contributed by atoms with Crippen LogP contribution >= 0.6 is 0 Å². The van der Waals surface area contributed by atoms with Gasteiger partial charge in [-0.2, -0.15) is 5.10 Å². The highest BCUT2D eigenvalue weighted by atomic mass is 16.1. The summed E-state index contributed by atoms with van der Waals surface area (Å²) in [4.78, 5) is 15.6. The molecule has 0 saturated carbocycles. The Balaban J connectivity index is 1.83. The number of nitrogens with zero attached hydrogens (tertiary/aromatic N) is 3. The zero-order chi connectivity index (χ0) is 13.7. The first-order chi connectivity index (χ1) is 9.15. The smallest absolute Gasteiger partial charge is 0.222 e. The van der Waals surface area contributed by atoms with E-state index in [0.29, 0.717) is 18.7 Å². The van der Waals surface area contributed by atoms with Crippen LogP contribution in [0.4, 0.5) is 5.69 Å². The van der Waals surface area contributed by atoms with Crippen LogP contribution in [-0.2, 0) is 11.3 Å². The van der Waals surface area contributed by atoms with Crippen molar-refractivity contribution in [3.05, 3.63) is 42.5 Å². The Labute approximate surface area is 111 Å². The second-order valence-corrected chi connectivity index (χ2v) is 4.36. The van der Waals surface area contributed by atoms with Gasteiger partial charge in [-0.15, -0.1) is 0 Å². The Morgan fingerprint density at radius 3 is 2.79 bits per heavy atom. The monoisotopic (exact) mass is 259 g/mol. The number of hydrogen-bond acceptors (Lipinski definition) is 4. The Hall–Kier alpha value is -2.37. The zero-order valence-corrected chi connectivity index (χ0v) is 10.8. The van der Waals surface area contributed by atoms with E-state index in [1.54, 1.807) is 11.0 Å². The lowest BCUT2D eigenvalue weighted by Crippen LogP contribution is -2.27. The Morgan fingerprint density at radius 2 is 2.16 bits per heavy atom. The van der Waals surface area contributed by atoms with Gasteiger partial charge in [0.15, 0.2) is 0 Å². The minimum atomic E-state index is -0.0381. The van der Waals surface area contributed by atoms with Crippen LogP contribution in [-0.4, -0.2) is 20.7 Å². The number of anilines is 1. The second-order valence-electron chi connectivity index (χ2n) is 4.36.